The van der Waals surface area contributed by atoms with Crippen molar-refractivity contribution in [2.45, 2.75) is 18.8 Å². The fourth-order valence-corrected chi connectivity index (χ4v) is 3.54. The van der Waals surface area contributed by atoms with Crippen LogP contribution in [0.4, 0.5) is 5.69 Å². The SMILES string of the molecule is C=C[C@H]1CC[C@H](C=C)C(C#N)(C#N)[C@@H]1c1ccc([N+](=O)[O-])cc1. The van der Waals surface area contributed by atoms with Crippen molar-refractivity contribution in [2.75, 3.05) is 0 Å². The number of nitrogens with zero attached hydrogens (tertiary/aromatic N) is 3. The molecular formula is C18H17N3O2. The van der Waals surface area contributed by atoms with Crippen molar-refractivity contribution in [3.63, 3.8) is 0 Å². The van der Waals surface area contributed by atoms with Gasteiger partial charge >= 0.3 is 0 Å². The van der Waals surface area contributed by atoms with E-state index in [1.807, 2.05) is 0 Å². The minimum atomic E-state index is -1.24. The lowest BCUT2D eigenvalue weighted by atomic mass is 9.56. The lowest BCUT2D eigenvalue weighted by molar-refractivity contribution is -0.384. The summed E-state index contributed by atoms with van der Waals surface area (Å²) >= 11 is 0. The van der Waals surface area contributed by atoms with E-state index in [2.05, 4.69) is 25.3 Å². The smallest absolute Gasteiger partial charge is 0.258 e. The van der Waals surface area contributed by atoms with E-state index in [4.69, 9.17) is 0 Å². The quantitative estimate of drug-likeness (QED) is 0.475. The van der Waals surface area contributed by atoms with Crippen LogP contribution in [0.15, 0.2) is 49.6 Å². The number of hydrogen-bond acceptors (Lipinski definition) is 4. The van der Waals surface area contributed by atoms with Gasteiger partial charge in [-0.05, 0) is 24.3 Å². The average Bonchev–Trinajstić information content (AvgIpc) is 2.60. The third-order valence-corrected chi connectivity index (χ3v) is 4.73. The van der Waals surface area contributed by atoms with Gasteiger partial charge in [0.25, 0.3) is 5.69 Å². The molecular weight excluding hydrogens is 290 g/mol. The Hall–Kier alpha value is -2.92. The number of nitro groups is 1. The van der Waals surface area contributed by atoms with E-state index >= 15 is 0 Å². The van der Waals surface area contributed by atoms with E-state index in [1.54, 1.807) is 24.3 Å². The molecule has 0 aromatic heterocycles. The number of rotatable bonds is 4. The summed E-state index contributed by atoms with van der Waals surface area (Å²) in [5, 5.41) is 30.4. The molecule has 1 saturated carbocycles. The van der Waals surface area contributed by atoms with Crippen LogP contribution in [-0.2, 0) is 0 Å². The summed E-state index contributed by atoms with van der Waals surface area (Å²) in [5.41, 5.74) is -0.510. The maximum atomic E-state index is 10.8. The molecule has 0 N–H and O–H groups in total. The Morgan fingerprint density at radius 2 is 1.78 bits per heavy atom. The van der Waals surface area contributed by atoms with Crippen molar-refractivity contribution in [1.29, 1.82) is 10.5 Å². The first kappa shape index (κ1) is 16.5. The van der Waals surface area contributed by atoms with Crippen LogP contribution in [0.1, 0.15) is 24.3 Å². The van der Waals surface area contributed by atoms with Gasteiger partial charge in [0.05, 0.1) is 17.1 Å². The largest absolute Gasteiger partial charge is 0.269 e. The summed E-state index contributed by atoms with van der Waals surface area (Å²) in [6.07, 6.45) is 4.94. The standard InChI is InChI=1S/C18H17N3O2/c1-3-13-5-8-15(4-2)18(11-19,12-20)17(13)14-6-9-16(10-7-14)21(22)23/h3-4,6-7,9-10,13,15,17H,1-2,5,8H2/t13-,15-,17-/m0/s1. The molecule has 0 aliphatic heterocycles. The number of allylic oxidation sites excluding steroid dienone is 2. The van der Waals surface area contributed by atoms with Crippen LogP contribution in [0.25, 0.3) is 0 Å². The summed E-state index contributed by atoms with van der Waals surface area (Å²) in [4.78, 5) is 10.4. The van der Waals surface area contributed by atoms with Gasteiger partial charge in [-0.2, -0.15) is 10.5 Å². The summed E-state index contributed by atoms with van der Waals surface area (Å²) < 4.78 is 0. The molecule has 0 unspecified atom stereocenters. The Bertz CT molecular complexity index is 695. The van der Waals surface area contributed by atoms with Crippen molar-refractivity contribution < 1.29 is 4.92 Å². The molecule has 0 saturated heterocycles. The van der Waals surface area contributed by atoms with Gasteiger partial charge in [0, 0.05) is 24.0 Å². The Balaban J connectivity index is 2.58. The first-order valence-corrected chi connectivity index (χ1v) is 7.36. The second kappa shape index (κ2) is 6.46. The Kier molecular flexibility index (Phi) is 4.62. The van der Waals surface area contributed by atoms with E-state index in [0.29, 0.717) is 6.42 Å². The first-order chi connectivity index (χ1) is 11.0. The molecule has 1 aliphatic carbocycles. The van der Waals surface area contributed by atoms with Crippen LogP contribution in [0.5, 0.6) is 0 Å². The van der Waals surface area contributed by atoms with Gasteiger partial charge in [0.15, 0.2) is 5.41 Å². The van der Waals surface area contributed by atoms with E-state index in [0.717, 1.165) is 12.0 Å². The molecule has 0 spiro atoms. The molecule has 5 heteroatoms. The van der Waals surface area contributed by atoms with Crippen LogP contribution in [0.3, 0.4) is 0 Å². The molecule has 1 aromatic rings. The molecule has 0 amide bonds. The van der Waals surface area contributed by atoms with Gasteiger partial charge in [-0.1, -0.05) is 24.3 Å². The monoisotopic (exact) mass is 307 g/mol. The third-order valence-electron chi connectivity index (χ3n) is 4.73. The highest BCUT2D eigenvalue weighted by molar-refractivity contribution is 5.40. The third kappa shape index (κ3) is 2.62. The molecule has 0 heterocycles. The Labute approximate surface area is 135 Å². The number of nitriles is 2. The predicted molar refractivity (Wildman–Crippen MR) is 86.1 cm³/mol. The minimum Gasteiger partial charge on any atom is -0.258 e. The zero-order chi connectivity index (χ0) is 17.0. The topological polar surface area (TPSA) is 90.7 Å². The molecule has 23 heavy (non-hydrogen) atoms. The molecule has 5 nitrogen and oxygen atoms in total. The molecule has 1 fully saturated rings. The fraction of sp³-hybridized carbons (Fsp3) is 0.333. The zero-order valence-corrected chi connectivity index (χ0v) is 12.7. The minimum absolute atomic E-state index is 0.0144. The zero-order valence-electron chi connectivity index (χ0n) is 12.7. The predicted octanol–water partition coefficient (Wildman–Crippen LogP) is 4.11. The van der Waals surface area contributed by atoms with Crippen LogP contribution in [-0.4, -0.2) is 4.92 Å². The highest BCUT2D eigenvalue weighted by Gasteiger charge is 2.51. The lowest BCUT2D eigenvalue weighted by Gasteiger charge is -2.43. The first-order valence-electron chi connectivity index (χ1n) is 7.36. The van der Waals surface area contributed by atoms with Crippen LogP contribution in [0, 0.1) is 50.0 Å². The summed E-state index contributed by atoms with van der Waals surface area (Å²) in [7, 11) is 0. The van der Waals surface area contributed by atoms with Gasteiger partial charge in [0.1, 0.15) is 0 Å². The van der Waals surface area contributed by atoms with Crippen molar-refractivity contribution in [3.05, 3.63) is 65.3 Å². The normalized spacial score (nSPS) is 25.6. The molecule has 1 aromatic carbocycles. The summed E-state index contributed by atoms with van der Waals surface area (Å²) in [6, 6.07) is 10.5. The van der Waals surface area contributed by atoms with E-state index in [9.17, 15) is 20.6 Å². The number of hydrogen-bond donors (Lipinski definition) is 0. The summed E-state index contributed by atoms with van der Waals surface area (Å²) in [5.74, 6) is -0.659. The highest BCUT2D eigenvalue weighted by atomic mass is 16.6. The van der Waals surface area contributed by atoms with Crippen molar-refractivity contribution in [1.82, 2.24) is 0 Å². The maximum Gasteiger partial charge on any atom is 0.269 e. The van der Waals surface area contributed by atoms with E-state index in [1.165, 1.54) is 12.1 Å². The summed E-state index contributed by atoms with van der Waals surface area (Å²) in [6.45, 7) is 7.61. The van der Waals surface area contributed by atoms with Gasteiger partial charge in [-0.3, -0.25) is 10.1 Å². The van der Waals surface area contributed by atoms with Crippen LogP contribution >= 0.6 is 0 Å². The van der Waals surface area contributed by atoms with E-state index in [-0.39, 0.29) is 23.4 Å². The molecule has 2 rings (SSSR count). The second-order valence-electron chi connectivity index (χ2n) is 5.74. The van der Waals surface area contributed by atoms with Gasteiger partial charge in [-0.15, -0.1) is 13.2 Å². The number of non-ortho nitro benzene ring substituents is 1. The van der Waals surface area contributed by atoms with Gasteiger partial charge in [-0.25, -0.2) is 0 Å². The van der Waals surface area contributed by atoms with Crippen molar-refractivity contribution >= 4 is 5.69 Å². The molecule has 3 atom stereocenters. The van der Waals surface area contributed by atoms with Crippen LogP contribution in [0.2, 0.25) is 0 Å². The molecule has 1 aliphatic rings. The van der Waals surface area contributed by atoms with E-state index < -0.39 is 10.3 Å². The Morgan fingerprint density at radius 1 is 1.17 bits per heavy atom. The number of benzene rings is 1. The van der Waals surface area contributed by atoms with Gasteiger partial charge < -0.3 is 0 Å². The molecule has 116 valence electrons. The molecule has 0 radical (unpaired) electrons. The highest BCUT2D eigenvalue weighted by Crippen LogP contribution is 2.53. The molecule has 0 bridgehead atoms. The maximum absolute atomic E-state index is 10.8. The average molecular weight is 307 g/mol. The van der Waals surface area contributed by atoms with Crippen molar-refractivity contribution in [3.8, 4) is 12.1 Å². The van der Waals surface area contributed by atoms with Crippen LogP contribution < -0.4 is 0 Å². The van der Waals surface area contributed by atoms with Crippen molar-refractivity contribution in [2.24, 2.45) is 17.3 Å². The number of nitro benzene ring substituents is 1. The van der Waals surface area contributed by atoms with Gasteiger partial charge in [0.2, 0.25) is 0 Å². The second-order valence-corrected chi connectivity index (χ2v) is 5.74. The Morgan fingerprint density at radius 3 is 2.22 bits per heavy atom. The fourth-order valence-electron chi connectivity index (χ4n) is 3.54. The lowest BCUT2D eigenvalue weighted by Crippen LogP contribution is -2.41.